The Morgan fingerprint density at radius 2 is 2.27 bits per heavy atom. The number of carbonyl (C=O) groups is 2. The molecule has 0 aromatic carbocycles. The Labute approximate surface area is 129 Å². The lowest BCUT2D eigenvalue weighted by molar-refractivity contribution is -0.198. The van der Waals surface area contributed by atoms with E-state index >= 15 is 0 Å². The van der Waals surface area contributed by atoms with Crippen molar-refractivity contribution in [1.29, 1.82) is 0 Å². The number of ether oxygens (including phenoxy) is 2. The summed E-state index contributed by atoms with van der Waals surface area (Å²) in [5.74, 6) is -2.19. The zero-order valence-electron chi connectivity index (χ0n) is 13.0. The van der Waals surface area contributed by atoms with Crippen molar-refractivity contribution in [1.82, 2.24) is 0 Å². The first-order chi connectivity index (χ1) is 10.3. The van der Waals surface area contributed by atoms with Crippen molar-refractivity contribution in [2.24, 2.45) is 11.3 Å². The fraction of sp³-hybridized carbons (Fsp3) is 0.529. The van der Waals surface area contributed by atoms with Gasteiger partial charge in [0.25, 0.3) is 0 Å². The second-order valence-electron chi connectivity index (χ2n) is 6.60. The number of allylic oxidation sites excluding steroid dienone is 3. The molecule has 3 unspecified atom stereocenters. The topological polar surface area (TPSA) is 72.8 Å². The van der Waals surface area contributed by atoms with E-state index in [0.717, 1.165) is 5.57 Å². The van der Waals surface area contributed by atoms with Gasteiger partial charge in [0, 0.05) is 24.5 Å². The van der Waals surface area contributed by atoms with Crippen molar-refractivity contribution in [2.45, 2.75) is 39.4 Å². The van der Waals surface area contributed by atoms with Crippen LogP contribution >= 0.6 is 0 Å². The van der Waals surface area contributed by atoms with Crippen LogP contribution in [-0.2, 0) is 19.1 Å². The van der Waals surface area contributed by atoms with Crippen molar-refractivity contribution in [2.75, 3.05) is 6.61 Å². The quantitative estimate of drug-likeness (QED) is 0.790. The van der Waals surface area contributed by atoms with Crippen LogP contribution in [0.1, 0.15) is 33.6 Å². The lowest BCUT2D eigenvalue weighted by Crippen LogP contribution is -2.47. The molecule has 0 amide bonds. The summed E-state index contributed by atoms with van der Waals surface area (Å²) in [6.45, 7) is 5.34. The first-order valence-corrected chi connectivity index (χ1v) is 7.43. The summed E-state index contributed by atoms with van der Waals surface area (Å²) >= 11 is 0. The summed E-state index contributed by atoms with van der Waals surface area (Å²) in [5, 5.41) is 10.7. The van der Waals surface area contributed by atoms with E-state index in [4.69, 9.17) is 9.47 Å². The molecule has 0 aromatic heterocycles. The summed E-state index contributed by atoms with van der Waals surface area (Å²) in [4.78, 5) is 22.9. The van der Waals surface area contributed by atoms with Gasteiger partial charge in [0.1, 0.15) is 6.61 Å². The maximum Gasteiger partial charge on any atom is 0.336 e. The highest BCUT2D eigenvalue weighted by Gasteiger charge is 2.56. The highest BCUT2D eigenvalue weighted by molar-refractivity contribution is 5.92. The minimum atomic E-state index is -1.50. The molecule has 1 heterocycles. The molecule has 1 aliphatic heterocycles. The number of hydrogen-bond donors (Lipinski definition) is 1. The number of esters is 2. The Hall–Kier alpha value is -1.88. The van der Waals surface area contributed by atoms with E-state index < -0.39 is 11.8 Å². The van der Waals surface area contributed by atoms with Crippen LogP contribution in [0.5, 0.6) is 0 Å². The molecule has 3 rings (SSSR count). The zero-order chi connectivity index (χ0) is 16.1. The van der Waals surface area contributed by atoms with Crippen LogP contribution in [-0.4, -0.2) is 29.4 Å². The molecule has 118 valence electrons. The molecule has 5 nitrogen and oxygen atoms in total. The summed E-state index contributed by atoms with van der Waals surface area (Å²) in [5.41, 5.74) is 1.81. The molecule has 3 atom stereocenters. The molecule has 22 heavy (non-hydrogen) atoms. The van der Waals surface area contributed by atoms with Crippen LogP contribution in [0.2, 0.25) is 0 Å². The summed E-state index contributed by atoms with van der Waals surface area (Å²) in [6, 6.07) is 0. The third kappa shape index (κ3) is 2.20. The maximum absolute atomic E-state index is 11.8. The first-order valence-electron chi connectivity index (χ1n) is 7.43. The van der Waals surface area contributed by atoms with Crippen molar-refractivity contribution in [3.8, 4) is 0 Å². The number of aliphatic hydroxyl groups is 1. The van der Waals surface area contributed by atoms with Crippen molar-refractivity contribution in [3.63, 3.8) is 0 Å². The first kappa shape index (κ1) is 15.0. The van der Waals surface area contributed by atoms with Crippen LogP contribution < -0.4 is 0 Å². The van der Waals surface area contributed by atoms with Crippen LogP contribution in [0, 0.1) is 11.3 Å². The predicted molar refractivity (Wildman–Crippen MR) is 78.4 cm³/mol. The van der Waals surface area contributed by atoms with Gasteiger partial charge < -0.3 is 14.6 Å². The van der Waals surface area contributed by atoms with Crippen molar-refractivity contribution >= 4 is 11.9 Å². The summed E-state index contributed by atoms with van der Waals surface area (Å²) < 4.78 is 10.4. The van der Waals surface area contributed by atoms with Gasteiger partial charge in [0.05, 0.1) is 0 Å². The number of carbonyl (C=O) groups excluding carboxylic acids is 2. The van der Waals surface area contributed by atoms with Gasteiger partial charge in [-0.25, -0.2) is 4.79 Å². The highest BCUT2D eigenvalue weighted by atomic mass is 16.7. The van der Waals surface area contributed by atoms with Gasteiger partial charge in [-0.3, -0.25) is 4.79 Å². The third-order valence-corrected chi connectivity index (χ3v) is 4.99. The Morgan fingerprint density at radius 1 is 1.55 bits per heavy atom. The second-order valence-corrected chi connectivity index (χ2v) is 6.60. The normalized spacial score (nSPS) is 36.5. The largest absolute Gasteiger partial charge is 0.461 e. The predicted octanol–water partition coefficient (Wildman–Crippen LogP) is 2.02. The smallest absolute Gasteiger partial charge is 0.336 e. The van der Waals surface area contributed by atoms with Crippen LogP contribution in [0.15, 0.2) is 34.9 Å². The van der Waals surface area contributed by atoms with Gasteiger partial charge in [0.15, 0.2) is 0 Å². The fourth-order valence-corrected chi connectivity index (χ4v) is 3.81. The van der Waals surface area contributed by atoms with Gasteiger partial charge in [-0.05, 0) is 30.3 Å². The molecule has 0 aromatic rings. The summed E-state index contributed by atoms with van der Waals surface area (Å²) in [6.07, 6.45) is 6.74. The van der Waals surface area contributed by atoms with Crippen molar-refractivity contribution < 1.29 is 24.2 Å². The molecule has 2 aliphatic carbocycles. The van der Waals surface area contributed by atoms with Gasteiger partial charge in [-0.2, -0.15) is 0 Å². The number of rotatable bonds is 2. The van der Waals surface area contributed by atoms with E-state index in [1.165, 1.54) is 6.92 Å². The van der Waals surface area contributed by atoms with Gasteiger partial charge >= 0.3 is 11.9 Å². The van der Waals surface area contributed by atoms with E-state index in [1.54, 1.807) is 6.92 Å². The van der Waals surface area contributed by atoms with Crippen LogP contribution in [0.4, 0.5) is 0 Å². The monoisotopic (exact) mass is 304 g/mol. The lowest BCUT2D eigenvalue weighted by Gasteiger charge is -2.47. The Bertz CT molecular complexity index is 641. The van der Waals surface area contributed by atoms with Crippen molar-refractivity contribution in [3.05, 3.63) is 34.9 Å². The SMILES string of the molecule is CC(=O)OCC1=CC=CC2(C)CC3(O)OC(=O)C(C)=C3CC12. The van der Waals surface area contributed by atoms with Gasteiger partial charge in [-0.15, -0.1) is 0 Å². The molecule has 1 N–H and O–H groups in total. The number of fused-ring (bicyclic) bond motifs is 2. The molecule has 0 radical (unpaired) electrons. The van der Waals surface area contributed by atoms with Crippen LogP contribution in [0.25, 0.3) is 0 Å². The molecule has 0 bridgehead atoms. The lowest BCUT2D eigenvalue weighted by atomic mass is 9.59. The second kappa shape index (κ2) is 4.81. The minimum absolute atomic E-state index is 0.0802. The van der Waals surface area contributed by atoms with E-state index in [-0.39, 0.29) is 23.9 Å². The molecule has 3 aliphatic rings. The summed E-state index contributed by atoms with van der Waals surface area (Å²) in [7, 11) is 0. The van der Waals surface area contributed by atoms with E-state index in [9.17, 15) is 14.7 Å². The Morgan fingerprint density at radius 3 is 2.95 bits per heavy atom. The number of hydrogen-bond acceptors (Lipinski definition) is 5. The Kier molecular flexibility index (Phi) is 3.29. The molecule has 0 saturated heterocycles. The molecule has 0 spiro atoms. The average molecular weight is 304 g/mol. The van der Waals surface area contributed by atoms with Crippen LogP contribution in [0.3, 0.4) is 0 Å². The average Bonchev–Trinajstić information content (AvgIpc) is 2.62. The molecular weight excluding hydrogens is 284 g/mol. The Balaban J connectivity index is 1.94. The molecule has 5 heteroatoms. The van der Waals surface area contributed by atoms with E-state index in [1.807, 2.05) is 25.2 Å². The molecule has 1 saturated carbocycles. The van der Waals surface area contributed by atoms with E-state index in [2.05, 4.69) is 0 Å². The van der Waals surface area contributed by atoms with E-state index in [0.29, 0.717) is 24.0 Å². The fourth-order valence-electron chi connectivity index (χ4n) is 3.81. The minimum Gasteiger partial charge on any atom is -0.461 e. The highest BCUT2D eigenvalue weighted by Crippen LogP contribution is 2.56. The standard InChI is InChI=1S/C17H20O5/c1-10-13-7-14-12(8-21-11(2)18)5-4-6-16(14,3)9-17(13,20)22-15(10)19/h4-6,14,20H,7-9H2,1-3H3. The molecule has 1 fully saturated rings. The van der Waals surface area contributed by atoms with Gasteiger partial charge in [0.2, 0.25) is 5.79 Å². The zero-order valence-corrected chi connectivity index (χ0v) is 13.0. The van der Waals surface area contributed by atoms with Gasteiger partial charge in [-0.1, -0.05) is 25.2 Å². The maximum atomic E-state index is 11.8. The molecular formula is C17H20O5. The third-order valence-electron chi connectivity index (χ3n) is 4.99.